The van der Waals surface area contributed by atoms with Gasteiger partial charge in [0.05, 0.1) is 34.4 Å². The second-order valence-electron chi connectivity index (χ2n) is 8.89. The zero-order valence-corrected chi connectivity index (χ0v) is 20.7. The molecule has 182 valence electrons. The number of hydrogen-bond donors (Lipinski definition) is 0. The van der Waals surface area contributed by atoms with Crippen LogP contribution in [0.1, 0.15) is 62.0 Å². The number of hydrogen-bond acceptors (Lipinski definition) is 6. The number of fused-ring (bicyclic) bond motifs is 3. The van der Waals surface area contributed by atoms with E-state index in [1.165, 1.54) is 16.5 Å². The van der Waals surface area contributed by atoms with Crippen molar-refractivity contribution in [3.63, 3.8) is 0 Å². The smallest absolute Gasteiger partial charge is 0.330 e. The normalized spacial score (nSPS) is 15.4. The van der Waals surface area contributed by atoms with Gasteiger partial charge in [-0.1, -0.05) is 37.0 Å². The van der Waals surface area contributed by atoms with Crippen LogP contribution in [0.5, 0.6) is 0 Å². The summed E-state index contributed by atoms with van der Waals surface area (Å²) >= 11 is 0. The average Bonchev–Trinajstić information content (AvgIpc) is 3.46. The quantitative estimate of drug-likeness (QED) is 0.282. The van der Waals surface area contributed by atoms with Gasteiger partial charge in [-0.25, -0.2) is 27.2 Å². The molecule has 0 saturated heterocycles. The minimum absolute atomic E-state index is 0.207. The molecule has 0 radical (unpaired) electrons. The number of aromatic nitrogens is 4. The molecule has 0 spiro atoms. The Balaban J connectivity index is 1.68. The molecular weight excluding hydrogens is 464 g/mol. The number of imidazole rings is 1. The van der Waals surface area contributed by atoms with Gasteiger partial charge >= 0.3 is 5.97 Å². The molecule has 3 heterocycles. The molecule has 8 nitrogen and oxygen atoms in total. The van der Waals surface area contributed by atoms with E-state index in [1.54, 1.807) is 55.7 Å². The standard InChI is InChI=1S/C26H28N4O4S/c1-3-34-24(31)14-13-21-23-17-27-26-22(30(23)25(28-21)19-7-5-4-6-8-19)15-16-29(26)35(32,33)20-11-9-18(2)10-12-20/h9-17,19H,3-8H2,1-2H3. The van der Waals surface area contributed by atoms with Crippen LogP contribution in [0, 0.1) is 6.92 Å². The highest BCUT2D eigenvalue weighted by molar-refractivity contribution is 7.90. The lowest BCUT2D eigenvalue weighted by Crippen LogP contribution is -2.13. The summed E-state index contributed by atoms with van der Waals surface area (Å²) in [6.07, 6.45) is 11.7. The van der Waals surface area contributed by atoms with E-state index in [9.17, 15) is 13.2 Å². The fraction of sp³-hybridized carbons (Fsp3) is 0.346. The largest absolute Gasteiger partial charge is 0.463 e. The molecule has 3 aromatic heterocycles. The number of carbonyl (C=O) groups is 1. The lowest BCUT2D eigenvalue weighted by atomic mass is 9.89. The van der Waals surface area contributed by atoms with Crippen molar-refractivity contribution in [2.45, 2.75) is 56.8 Å². The van der Waals surface area contributed by atoms with Gasteiger partial charge in [-0.15, -0.1) is 0 Å². The second kappa shape index (κ2) is 9.30. The lowest BCUT2D eigenvalue weighted by molar-refractivity contribution is -0.137. The van der Waals surface area contributed by atoms with E-state index in [1.807, 2.05) is 11.3 Å². The molecule has 1 fully saturated rings. The van der Waals surface area contributed by atoms with Crippen LogP contribution in [0.2, 0.25) is 0 Å². The molecule has 0 N–H and O–H groups in total. The molecule has 35 heavy (non-hydrogen) atoms. The minimum atomic E-state index is -3.82. The van der Waals surface area contributed by atoms with Crippen LogP contribution < -0.4 is 0 Å². The van der Waals surface area contributed by atoms with Gasteiger partial charge in [0.1, 0.15) is 5.82 Å². The highest BCUT2D eigenvalue weighted by atomic mass is 32.2. The van der Waals surface area contributed by atoms with Crippen molar-refractivity contribution in [2.24, 2.45) is 0 Å². The SMILES string of the molecule is CCOC(=O)C=Cc1nc(C2CCCCC2)n2c1cnc1c2ccn1S(=O)(=O)c1ccc(C)cc1. The summed E-state index contributed by atoms with van der Waals surface area (Å²) in [5, 5.41) is 0. The Morgan fingerprint density at radius 1 is 1.11 bits per heavy atom. The first-order chi connectivity index (χ1) is 16.9. The highest BCUT2D eigenvalue weighted by Gasteiger charge is 2.26. The van der Waals surface area contributed by atoms with Crippen molar-refractivity contribution in [2.75, 3.05) is 6.61 Å². The van der Waals surface area contributed by atoms with Crippen LogP contribution in [-0.4, -0.2) is 39.3 Å². The van der Waals surface area contributed by atoms with Crippen molar-refractivity contribution in [3.05, 3.63) is 65.9 Å². The second-order valence-corrected chi connectivity index (χ2v) is 10.7. The summed E-state index contributed by atoms with van der Waals surface area (Å²) in [5.41, 5.74) is 3.34. The van der Waals surface area contributed by atoms with E-state index < -0.39 is 16.0 Å². The van der Waals surface area contributed by atoms with Gasteiger partial charge in [0.25, 0.3) is 10.0 Å². The molecule has 9 heteroatoms. The number of aryl methyl sites for hydroxylation is 1. The number of esters is 1. The summed E-state index contributed by atoms with van der Waals surface area (Å²) in [4.78, 5) is 21.6. The third kappa shape index (κ3) is 4.25. The van der Waals surface area contributed by atoms with E-state index in [4.69, 9.17) is 9.72 Å². The molecule has 0 unspecified atom stereocenters. The maximum Gasteiger partial charge on any atom is 0.330 e. The molecule has 1 aromatic carbocycles. The third-order valence-electron chi connectivity index (χ3n) is 6.54. The summed E-state index contributed by atoms with van der Waals surface area (Å²) in [6.45, 7) is 3.97. The topological polar surface area (TPSA) is 95.6 Å². The molecule has 1 aliphatic rings. The molecular formula is C26H28N4O4S. The minimum Gasteiger partial charge on any atom is -0.463 e. The predicted molar refractivity (Wildman–Crippen MR) is 134 cm³/mol. The van der Waals surface area contributed by atoms with Crippen molar-refractivity contribution < 1.29 is 17.9 Å². The van der Waals surface area contributed by atoms with Crippen LogP contribution in [-0.2, 0) is 19.6 Å². The number of rotatable bonds is 6. The lowest BCUT2D eigenvalue weighted by Gasteiger charge is -2.20. The first-order valence-corrected chi connectivity index (χ1v) is 13.4. The first kappa shape index (κ1) is 23.3. The van der Waals surface area contributed by atoms with E-state index in [-0.39, 0.29) is 10.8 Å². The maximum absolute atomic E-state index is 13.4. The Hall–Kier alpha value is -3.46. The van der Waals surface area contributed by atoms with Gasteiger partial charge in [0.2, 0.25) is 0 Å². The Morgan fingerprint density at radius 2 is 1.86 bits per heavy atom. The Kier molecular flexibility index (Phi) is 6.19. The maximum atomic E-state index is 13.4. The zero-order chi connectivity index (χ0) is 24.6. The number of nitrogens with zero attached hydrogens (tertiary/aromatic N) is 4. The van der Waals surface area contributed by atoms with Crippen LogP contribution in [0.3, 0.4) is 0 Å². The monoisotopic (exact) mass is 492 g/mol. The van der Waals surface area contributed by atoms with Crippen LogP contribution in [0.15, 0.2) is 53.7 Å². The summed E-state index contributed by atoms with van der Waals surface area (Å²) < 4.78 is 35.1. The van der Waals surface area contributed by atoms with E-state index in [0.29, 0.717) is 23.5 Å². The van der Waals surface area contributed by atoms with Gasteiger partial charge in [-0.3, -0.25) is 4.40 Å². The molecule has 0 bridgehead atoms. The van der Waals surface area contributed by atoms with Crippen molar-refractivity contribution in [1.29, 1.82) is 0 Å². The summed E-state index contributed by atoms with van der Waals surface area (Å²) in [5.74, 6) is 0.696. The van der Waals surface area contributed by atoms with Crippen molar-refractivity contribution in [1.82, 2.24) is 18.3 Å². The number of carbonyl (C=O) groups excluding carboxylic acids is 1. The van der Waals surface area contributed by atoms with Gasteiger partial charge in [0.15, 0.2) is 5.65 Å². The predicted octanol–water partition coefficient (Wildman–Crippen LogP) is 4.85. The molecule has 0 amide bonds. The van der Waals surface area contributed by atoms with E-state index in [0.717, 1.165) is 42.6 Å². The Labute approximate surface area is 204 Å². The van der Waals surface area contributed by atoms with E-state index in [2.05, 4.69) is 4.98 Å². The molecule has 0 atom stereocenters. The molecule has 5 rings (SSSR count). The van der Waals surface area contributed by atoms with Gasteiger partial charge in [0, 0.05) is 18.2 Å². The van der Waals surface area contributed by atoms with Crippen LogP contribution >= 0.6 is 0 Å². The van der Waals surface area contributed by atoms with Crippen LogP contribution in [0.25, 0.3) is 22.8 Å². The number of ether oxygens (including phenoxy) is 1. The van der Waals surface area contributed by atoms with Crippen molar-refractivity contribution >= 4 is 38.7 Å². The van der Waals surface area contributed by atoms with Gasteiger partial charge < -0.3 is 4.74 Å². The summed E-state index contributed by atoms with van der Waals surface area (Å²) in [6, 6.07) is 8.55. The van der Waals surface area contributed by atoms with Gasteiger partial charge in [-0.05, 0) is 51.0 Å². The average molecular weight is 493 g/mol. The zero-order valence-electron chi connectivity index (χ0n) is 19.8. The molecule has 4 aromatic rings. The Bertz CT molecular complexity index is 1530. The number of benzene rings is 1. The van der Waals surface area contributed by atoms with Crippen molar-refractivity contribution in [3.8, 4) is 0 Å². The Morgan fingerprint density at radius 3 is 2.57 bits per heavy atom. The van der Waals surface area contributed by atoms with Crippen LogP contribution in [0.4, 0.5) is 0 Å². The summed E-state index contributed by atoms with van der Waals surface area (Å²) in [7, 11) is -3.82. The first-order valence-electron chi connectivity index (χ1n) is 12.0. The molecule has 1 saturated carbocycles. The fourth-order valence-electron chi connectivity index (χ4n) is 4.77. The molecule has 1 aliphatic carbocycles. The van der Waals surface area contributed by atoms with E-state index >= 15 is 0 Å². The van der Waals surface area contributed by atoms with Gasteiger partial charge in [-0.2, -0.15) is 0 Å². The molecule has 0 aliphatic heterocycles. The highest BCUT2D eigenvalue weighted by Crippen LogP contribution is 2.35. The third-order valence-corrected chi connectivity index (χ3v) is 8.22. The fourth-order valence-corrected chi connectivity index (χ4v) is 6.07.